The molecule has 17 heavy (non-hydrogen) atoms. The van der Waals surface area contributed by atoms with Crippen LogP contribution in [-0.2, 0) is 19.0 Å². The van der Waals surface area contributed by atoms with E-state index in [1.54, 1.807) is 0 Å². The van der Waals surface area contributed by atoms with Crippen LogP contribution in [0.3, 0.4) is 0 Å². The van der Waals surface area contributed by atoms with E-state index in [0.717, 1.165) is 30.9 Å². The van der Waals surface area contributed by atoms with E-state index in [9.17, 15) is 0 Å². The number of aryl methyl sites for hydroxylation is 1. The molecule has 96 valence electrons. The van der Waals surface area contributed by atoms with Gasteiger partial charge in [0.25, 0.3) is 0 Å². The van der Waals surface area contributed by atoms with Crippen molar-refractivity contribution < 1.29 is 0 Å². The molecule has 1 saturated carbocycles. The van der Waals surface area contributed by atoms with E-state index in [0.29, 0.717) is 5.92 Å². The topological polar surface area (TPSA) is 56.7 Å². The van der Waals surface area contributed by atoms with Crippen molar-refractivity contribution >= 4 is 0 Å². The Morgan fingerprint density at radius 2 is 1.94 bits per heavy atom. The Labute approximate surface area is 104 Å². The lowest BCUT2D eigenvalue weighted by molar-refractivity contribution is 0.278. The van der Waals surface area contributed by atoms with Gasteiger partial charge < -0.3 is 5.73 Å². The molecule has 0 amide bonds. The zero-order valence-electron chi connectivity index (χ0n) is 11.2. The lowest BCUT2D eigenvalue weighted by atomic mass is 9.82. The van der Waals surface area contributed by atoms with Gasteiger partial charge >= 0.3 is 0 Å². The van der Waals surface area contributed by atoms with Gasteiger partial charge in [0.1, 0.15) is 5.82 Å². The summed E-state index contributed by atoms with van der Waals surface area (Å²) in [5.74, 6) is 2.51. The smallest absolute Gasteiger partial charge is 0.151 e. The average Bonchev–Trinajstić information content (AvgIpc) is 2.60. The summed E-state index contributed by atoms with van der Waals surface area (Å²) < 4.78 is 1.89. The van der Waals surface area contributed by atoms with Crippen LogP contribution in [0.2, 0.25) is 0 Å². The molecule has 1 aliphatic carbocycles. The Kier molecular flexibility index (Phi) is 3.52. The Morgan fingerprint density at radius 3 is 2.53 bits per heavy atom. The van der Waals surface area contributed by atoms with Crippen molar-refractivity contribution in [2.75, 3.05) is 0 Å². The van der Waals surface area contributed by atoms with Crippen LogP contribution in [0.1, 0.15) is 57.6 Å². The molecule has 2 N–H and O–H groups in total. The molecule has 0 spiro atoms. The molecule has 0 bridgehead atoms. The normalized spacial score (nSPS) is 19.8. The first-order chi connectivity index (χ1) is 8.01. The zero-order valence-corrected chi connectivity index (χ0v) is 11.2. The molecule has 4 heteroatoms. The van der Waals surface area contributed by atoms with Crippen LogP contribution in [-0.4, -0.2) is 14.8 Å². The number of nitrogens with zero attached hydrogens (tertiary/aromatic N) is 3. The lowest BCUT2D eigenvalue weighted by Gasteiger charge is -2.31. The van der Waals surface area contributed by atoms with Crippen molar-refractivity contribution in [3.05, 3.63) is 11.6 Å². The maximum atomic E-state index is 6.50. The molecule has 1 aromatic heterocycles. The van der Waals surface area contributed by atoms with Gasteiger partial charge in [-0.2, -0.15) is 5.10 Å². The van der Waals surface area contributed by atoms with E-state index in [4.69, 9.17) is 5.73 Å². The van der Waals surface area contributed by atoms with Gasteiger partial charge in [0, 0.05) is 13.5 Å². The monoisotopic (exact) mass is 236 g/mol. The highest BCUT2D eigenvalue weighted by Crippen LogP contribution is 2.33. The number of rotatable bonds is 3. The summed E-state index contributed by atoms with van der Waals surface area (Å²) in [5, 5.41) is 4.50. The van der Waals surface area contributed by atoms with Crippen molar-refractivity contribution in [1.29, 1.82) is 0 Å². The second-order valence-corrected chi connectivity index (χ2v) is 5.79. The van der Waals surface area contributed by atoms with Crippen LogP contribution in [0.4, 0.5) is 0 Å². The Bertz CT molecular complexity index is 375. The highest BCUT2D eigenvalue weighted by atomic mass is 15.3. The van der Waals surface area contributed by atoms with Crippen molar-refractivity contribution in [3.8, 4) is 0 Å². The standard InChI is InChI=1S/C13H24N4/c1-10(2)9-11-15-12(17(3)16-11)13(14)7-5-4-6-8-13/h10H,4-9,14H2,1-3H3. The van der Waals surface area contributed by atoms with E-state index >= 15 is 0 Å². The first kappa shape index (κ1) is 12.6. The molecule has 0 radical (unpaired) electrons. The third kappa shape index (κ3) is 2.68. The van der Waals surface area contributed by atoms with E-state index in [-0.39, 0.29) is 5.54 Å². The predicted molar refractivity (Wildman–Crippen MR) is 68.5 cm³/mol. The molecule has 0 saturated heterocycles. The summed E-state index contributed by atoms with van der Waals surface area (Å²) in [6, 6.07) is 0. The minimum Gasteiger partial charge on any atom is -0.319 e. The first-order valence-electron chi connectivity index (χ1n) is 6.70. The number of nitrogens with two attached hydrogens (primary N) is 1. The quantitative estimate of drug-likeness (QED) is 0.874. The molecule has 0 aromatic carbocycles. The Morgan fingerprint density at radius 1 is 1.29 bits per heavy atom. The molecular formula is C13H24N4. The summed E-state index contributed by atoms with van der Waals surface area (Å²) in [6.07, 6.45) is 6.74. The predicted octanol–water partition coefficient (Wildman–Crippen LogP) is 2.13. The summed E-state index contributed by atoms with van der Waals surface area (Å²) >= 11 is 0. The van der Waals surface area contributed by atoms with Crippen molar-refractivity contribution in [2.45, 2.75) is 57.9 Å². The average molecular weight is 236 g/mol. The van der Waals surface area contributed by atoms with Gasteiger partial charge in [-0.3, -0.25) is 4.68 Å². The minimum atomic E-state index is -0.241. The van der Waals surface area contributed by atoms with Crippen LogP contribution in [0.25, 0.3) is 0 Å². The van der Waals surface area contributed by atoms with Gasteiger partial charge in [0.2, 0.25) is 0 Å². The highest BCUT2D eigenvalue weighted by molar-refractivity contribution is 5.08. The summed E-state index contributed by atoms with van der Waals surface area (Å²) in [7, 11) is 1.97. The fourth-order valence-corrected chi connectivity index (χ4v) is 2.73. The maximum Gasteiger partial charge on any atom is 0.151 e. The van der Waals surface area contributed by atoms with Crippen LogP contribution < -0.4 is 5.73 Å². The molecule has 1 aliphatic rings. The SMILES string of the molecule is CC(C)Cc1nc(C2(N)CCCCC2)n(C)n1. The second-order valence-electron chi connectivity index (χ2n) is 5.79. The lowest BCUT2D eigenvalue weighted by Crippen LogP contribution is -2.41. The third-order valence-corrected chi connectivity index (χ3v) is 3.59. The molecule has 1 fully saturated rings. The van der Waals surface area contributed by atoms with Gasteiger partial charge in [-0.15, -0.1) is 0 Å². The fourth-order valence-electron chi connectivity index (χ4n) is 2.73. The van der Waals surface area contributed by atoms with Gasteiger partial charge in [-0.25, -0.2) is 4.98 Å². The van der Waals surface area contributed by atoms with E-state index in [1.165, 1.54) is 19.3 Å². The third-order valence-electron chi connectivity index (χ3n) is 3.59. The summed E-state index contributed by atoms with van der Waals surface area (Å²) in [6.45, 7) is 4.38. The highest BCUT2D eigenvalue weighted by Gasteiger charge is 2.34. The Hall–Kier alpha value is -0.900. The largest absolute Gasteiger partial charge is 0.319 e. The van der Waals surface area contributed by atoms with E-state index < -0.39 is 0 Å². The molecular weight excluding hydrogens is 212 g/mol. The molecule has 1 heterocycles. The Balaban J connectivity index is 2.22. The number of hydrogen-bond donors (Lipinski definition) is 1. The van der Waals surface area contributed by atoms with E-state index in [1.807, 2.05) is 11.7 Å². The molecule has 1 aromatic rings. The zero-order chi connectivity index (χ0) is 12.5. The van der Waals surface area contributed by atoms with Gasteiger partial charge in [-0.1, -0.05) is 33.1 Å². The van der Waals surface area contributed by atoms with Gasteiger partial charge in [0.15, 0.2) is 5.82 Å². The maximum absolute atomic E-state index is 6.50. The van der Waals surface area contributed by atoms with Gasteiger partial charge in [0.05, 0.1) is 5.54 Å². The second kappa shape index (κ2) is 4.77. The molecule has 0 atom stereocenters. The van der Waals surface area contributed by atoms with Crippen LogP contribution in [0, 0.1) is 5.92 Å². The first-order valence-corrected chi connectivity index (χ1v) is 6.70. The fraction of sp³-hybridized carbons (Fsp3) is 0.846. The van der Waals surface area contributed by atoms with Crippen molar-refractivity contribution in [2.24, 2.45) is 18.7 Å². The van der Waals surface area contributed by atoms with Crippen LogP contribution in [0.15, 0.2) is 0 Å². The van der Waals surface area contributed by atoms with Crippen molar-refractivity contribution in [3.63, 3.8) is 0 Å². The van der Waals surface area contributed by atoms with E-state index in [2.05, 4.69) is 23.9 Å². The minimum absolute atomic E-state index is 0.241. The number of hydrogen-bond acceptors (Lipinski definition) is 3. The summed E-state index contributed by atoms with van der Waals surface area (Å²) in [4.78, 5) is 4.67. The van der Waals surface area contributed by atoms with Crippen LogP contribution >= 0.6 is 0 Å². The molecule has 4 nitrogen and oxygen atoms in total. The van der Waals surface area contributed by atoms with Crippen LogP contribution in [0.5, 0.6) is 0 Å². The van der Waals surface area contributed by atoms with Crippen molar-refractivity contribution in [1.82, 2.24) is 14.8 Å². The number of aromatic nitrogens is 3. The molecule has 0 unspecified atom stereocenters. The molecule has 0 aliphatic heterocycles. The van der Waals surface area contributed by atoms with Gasteiger partial charge in [-0.05, 0) is 18.8 Å². The molecule has 2 rings (SSSR count). The summed E-state index contributed by atoms with van der Waals surface area (Å²) in [5.41, 5.74) is 6.26.